The van der Waals surface area contributed by atoms with Crippen molar-refractivity contribution in [2.75, 3.05) is 26.1 Å². The molecule has 0 saturated heterocycles. The molecule has 0 aromatic heterocycles. The summed E-state index contributed by atoms with van der Waals surface area (Å²) in [6, 6.07) is 6.41. The predicted molar refractivity (Wildman–Crippen MR) is 66.8 cm³/mol. The Morgan fingerprint density at radius 3 is 2.21 bits per heavy atom. The quantitative estimate of drug-likeness (QED) is 0.600. The maximum absolute atomic E-state index is 11.5. The van der Waals surface area contributed by atoms with Gasteiger partial charge in [0.05, 0.1) is 20.3 Å². The second-order valence-electron chi connectivity index (χ2n) is 3.40. The Labute approximate surface area is 110 Å². The third-order valence-electron chi connectivity index (χ3n) is 2.14. The molecular weight excluding hydrogens is 250 g/mol. The van der Waals surface area contributed by atoms with Gasteiger partial charge in [-0.25, -0.2) is 0 Å². The van der Waals surface area contributed by atoms with Crippen LogP contribution in [0.15, 0.2) is 18.2 Å². The highest BCUT2D eigenvalue weighted by atomic mass is 16.5. The minimum atomic E-state index is -0.886. The van der Waals surface area contributed by atoms with Crippen LogP contribution in [-0.2, 0) is 9.59 Å². The van der Waals surface area contributed by atoms with Crippen LogP contribution in [0.1, 0.15) is 0 Å². The standard InChI is InChI=1S/C12H13N3O4/c1-18-9-5-8(6-10(7-9)19-2)15-12(17)11(16)14-4-3-13/h5-7H,4H2,1-2H3,(H,14,16)(H,15,17). The maximum Gasteiger partial charge on any atom is 0.313 e. The predicted octanol–water partition coefficient (Wildman–Crippen LogP) is 0.282. The molecule has 0 heterocycles. The molecule has 7 nitrogen and oxygen atoms in total. The van der Waals surface area contributed by atoms with Crippen molar-refractivity contribution in [2.45, 2.75) is 0 Å². The number of ether oxygens (including phenoxy) is 2. The van der Waals surface area contributed by atoms with Gasteiger partial charge in [0.25, 0.3) is 0 Å². The van der Waals surface area contributed by atoms with Crippen LogP contribution in [0.2, 0.25) is 0 Å². The summed E-state index contributed by atoms with van der Waals surface area (Å²) in [5, 5.41) is 12.8. The van der Waals surface area contributed by atoms with E-state index in [1.54, 1.807) is 12.1 Å². The fraction of sp³-hybridized carbons (Fsp3) is 0.250. The third kappa shape index (κ3) is 4.20. The van der Waals surface area contributed by atoms with Crippen molar-refractivity contribution < 1.29 is 19.1 Å². The molecule has 19 heavy (non-hydrogen) atoms. The molecule has 1 aromatic carbocycles. The molecule has 0 aliphatic heterocycles. The van der Waals surface area contributed by atoms with Crippen LogP contribution in [0.5, 0.6) is 11.5 Å². The SMILES string of the molecule is COc1cc(NC(=O)C(=O)NCC#N)cc(OC)c1. The summed E-state index contributed by atoms with van der Waals surface area (Å²) in [6.07, 6.45) is 0. The first-order valence-corrected chi connectivity index (χ1v) is 5.30. The molecule has 2 N–H and O–H groups in total. The van der Waals surface area contributed by atoms with Crippen molar-refractivity contribution in [3.63, 3.8) is 0 Å². The Kier molecular flexibility index (Phi) is 5.17. The molecule has 0 saturated carbocycles. The zero-order chi connectivity index (χ0) is 14.3. The summed E-state index contributed by atoms with van der Waals surface area (Å²) >= 11 is 0. The van der Waals surface area contributed by atoms with Gasteiger partial charge in [-0.15, -0.1) is 0 Å². The fourth-order valence-electron chi connectivity index (χ4n) is 1.27. The number of nitrogens with zero attached hydrogens (tertiary/aromatic N) is 1. The van der Waals surface area contributed by atoms with Gasteiger partial charge >= 0.3 is 11.8 Å². The van der Waals surface area contributed by atoms with Gasteiger partial charge in [-0.1, -0.05) is 0 Å². The molecule has 1 rings (SSSR count). The Bertz CT molecular complexity index is 500. The van der Waals surface area contributed by atoms with Crippen LogP contribution in [0.4, 0.5) is 5.69 Å². The molecule has 0 unspecified atom stereocenters. The lowest BCUT2D eigenvalue weighted by atomic mass is 10.2. The summed E-state index contributed by atoms with van der Waals surface area (Å²) in [5.41, 5.74) is 0.355. The number of nitrogens with one attached hydrogen (secondary N) is 2. The van der Waals surface area contributed by atoms with Crippen molar-refractivity contribution in [3.05, 3.63) is 18.2 Å². The van der Waals surface area contributed by atoms with Crippen LogP contribution >= 0.6 is 0 Å². The summed E-state index contributed by atoms with van der Waals surface area (Å²) in [4.78, 5) is 22.8. The molecule has 0 aliphatic rings. The lowest BCUT2D eigenvalue weighted by Crippen LogP contribution is -2.35. The number of hydrogen-bond acceptors (Lipinski definition) is 5. The van der Waals surface area contributed by atoms with Crippen LogP contribution in [-0.4, -0.2) is 32.6 Å². The van der Waals surface area contributed by atoms with E-state index in [4.69, 9.17) is 14.7 Å². The normalized spacial score (nSPS) is 9.11. The van der Waals surface area contributed by atoms with E-state index in [1.807, 2.05) is 0 Å². The van der Waals surface area contributed by atoms with Gasteiger partial charge in [-0.2, -0.15) is 5.26 Å². The molecular formula is C12H13N3O4. The van der Waals surface area contributed by atoms with E-state index < -0.39 is 11.8 Å². The van der Waals surface area contributed by atoms with E-state index in [0.717, 1.165) is 0 Å². The molecule has 0 fully saturated rings. The molecule has 7 heteroatoms. The van der Waals surface area contributed by atoms with Crippen molar-refractivity contribution >= 4 is 17.5 Å². The van der Waals surface area contributed by atoms with Crippen molar-refractivity contribution in [1.29, 1.82) is 5.26 Å². The summed E-state index contributed by atoms with van der Waals surface area (Å²) in [6.45, 7) is -0.228. The largest absolute Gasteiger partial charge is 0.497 e. The van der Waals surface area contributed by atoms with Gasteiger partial charge in [0, 0.05) is 23.9 Å². The molecule has 0 spiro atoms. The Balaban J connectivity index is 2.78. The fourth-order valence-corrected chi connectivity index (χ4v) is 1.27. The number of rotatable bonds is 4. The van der Waals surface area contributed by atoms with Gasteiger partial charge in [0.1, 0.15) is 18.0 Å². The summed E-state index contributed by atoms with van der Waals surface area (Å²) in [7, 11) is 2.94. The van der Waals surface area contributed by atoms with Crippen LogP contribution in [0.3, 0.4) is 0 Å². The Hall–Kier alpha value is -2.75. The highest BCUT2D eigenvalue weighted by molar-refractivity contribution is 6.39. The van der Waals surface area contributed by atoms with Crippen molar-refractivity contribution in [3.8, 4) is 17.6 Å². The zero-order valence-electron chi connectivity index (χ0n) is 10.5. The second kappa shape index (κ2) is 6.86. The average molecular weight is 263 g/mol. The van der Waals surface area contributed by atoms with Gasteiger partial charge in [0.15, 0.2) is 0 Å². The van der Waals surface area contributed by atoms with E-state index in [2.05, 4.69) is 10.6 Å². The minimum absolute atomic E-state index is 0.228. The van der Waals surface area contributed by atoms with E-state index in [9.17, 15) is 9.59 Å². The minimum Gasteiger partial charge on any atom is -0.497 e. The first kappa shape index (κ1) is 14.3. The molecule has 0 aliphatic carbocycles. The lowest BCUT2D eigenvalue weighted by Gasteiger charge is -2.09. The van der Waals surface area contributed by atoms with Crippen LogP contribution in [0, 0.1) is 11.3 Å². The van der Waals surface area contributed by atoms with Gasteiger partial charge in [-0.3, -0.25) is 9.59 Å². The third-order valence-corrected chi connectivity index (χ3v) is 2.14. The highest BCUT2D eigenvalue weighted by Gasteiger charge is 2.13. The first-order chi connectivity index (χ1) is 9.10. The summed E-state index contributed by atoms with van der Waals surface area (Å²) < 4.78 is 10.1. The van der Waals surface area contributed by atoms with Crippen molar-refractivity contribution in [1.82, 2.24) is 5.32 Å². The van der Waals surface area contributed by atoms with Crippen LogP contribution < -0.4 is 20.1 Å². The number of methoxy groups -OCH3 is 2. The number of hydrogen-bond donors (Lipinski definition) is 2. The lowest BCUT2D eigenvalue weighted by molar-refractivity contribution is -0.136. The Morgan fingerprint density at radius 2 is 1.74 bits per heavy atom. The first-order valence-electron chi connectivity index (χ1n) is 5.30. The van der Waals surface area contributed by atoms with Gasteiger partial charge in [0.2, 0.25) is 0 Å². The molecule has 0 atom stereocenters. The summed E-state index contributed by atoms with van der Waals surface area (Å²) in [5.74, 6) is -0.798. The number of anilines is 1. The topological polar surface area (TPSA) is 100 Å². The highest BCUT2D eigenvalue weighted by Crippen LogP contribution is 2.25. The van der Waals surface area contributed by atoms with E-state index in [0.29, 0.717) is 17.2 Å². The number of benzene rings is 1. The molecule has 2 amide bonds. The molecule has 0 radical (unpaired) electrons. The van der Waals surface area contributed by atoms with Gasteiger partial charge in [-0.05, 0) is 0 Å². The average Bonchev–Trinajstić information content (AvgIpc) is 2.43. The smallest absolute Gasteiger partial charge is 0.313 e. The zero-order valence-corrected chi connectivity index (χ0v) is 10.5. The number of nitriles is 1. The van der Waals surface area contributed by atoms with Crippen molar-refractivity contribution in [2.24, 2.45) is 0 Å². The molecule has 100 valence electrons. The molecule has 0 bridgehead atoms. The number of carbonyl (C=O) groups is 2. The molecule has 1 aromatic rings. The van der Waals surface area contributed by atoms with Crippen LogP contribution in [0.25, 0.3) is 0 Å². The van der Waals surface area contributed by atoms with E-state index >= 15 is 0 Å². The van der Waals surface area contributed by atoms with E-state index in [-0.39, 0.29) is 6.54 Å². The Morgan fingerprint density at radius 1 is 1.16 bits per heavy atom. The van der Waals surface area contributed by atoms with E-state index in [1.165, 1.54) is 26.4 Å². The maximum atomic E-state index is 11.5. The number of amides is 2. The number of carbonyl (C=O) groups excluding carboxylic acids is 2. The van der Waals surface area contributed by atoms with Gasteiger partial charge < -0.3 is 20.1 Å². The second-order valence-corrected chi connectivity index (χ2v) is 3.40. The monoisotopic (exact) mass is 263 g/mol.